The Morgan fingerprint density at radius 3 is 1.72 bits per heavy atom. The molecule has 102 valence electrons. The Bertz CT molecular complexity index is 356. The van der Waals surface area contributed by atoms with Crippen LogP contribution in [0.5, 0.6) is 11.5 Å². The summed E-state index contributed by atoms with van der Waals surface area (Å²) in [5.41, 5.74) is 1.90. The van der Waals surface area contributed by atoms with Crippen molar-refractivity contribution in [3.05, 3.63) is 23.3 Å². The highest BCUT2D eigenvalue weighted by atomic mass is 16.5. The van der Waals surface area contributed by atoms with Gasteiger partial charge in [0.05, 0.1) is 24.9 Å². The van der Waals surface area contributed by atoms with E-state index in [0.717, 1.165) is 22.6 Å². The van der Waals surface area contributed by atoms with E-state index in [9.17, 15) is 5.11 Å². The van der Waals surface area contributed by atoms with Gasteiger partial charge in [0.25, 0.3) is 0 Å². The minimum Gasteiger partial charge on any atom is -0.493 e. The van der Waals surface area contributed by atoms with E-state index in [2.05, 4.69) is 13.8 Å². The molecule has 0 radical (unpaired) electrons. The van der Waals surface area contributed by atoms with Crippen LogP contribution in [0.2, 0.25) is 0 Å². The van der Waals surface area contributed by atoms with Crippen molar-refractivity contribution < 1.29 is 14.6 Å². The summed E-state index contributed by atoms with van der Waals surface area (Å²) in [6.07, 6.45) is -0.602. The average Bonchev–Trinajstić information content (AvgIpc) is 2.28. The van der Waals surface area contributed by atoms with E-state index < -0.39 is 6.10 Å². The first kappa shape index (κ1) is 14.8. The van der Waals surface area contributed by atoms with Crippen molar-refractivity contribution in [1.29, 1.82) is 0 Å². The van der Waals surface area contributed by atoms with E-state index in [1.54, 1.807) is 6.92 Å². The zero-order chi connectivity index (χ0) is 13.7. The van der Waals surface area contributed by atoms with Gasteiger partial charge in [0.1, 0.15) is 11.5 Å². The number of ether oxygens (including phenoxy) is 2. The molecule has 18 heavy (non-hydrogen) atoms. The van der Waals surface area contributed by atoms with Crippen molar-refractivity contribution >= 4 is 0 Å². The van der Waals surface area contributed by atoms with E-state index in [1.165, 1.54) is 0 Å². The Morgan fingerprint density at radius 2 is 1.44 bits per heavy atom. The smallest absolute Gasteiger partial charge is 0.129 e. The second kappa shape index (κ2) is 6.64. The molecule has 0 saturated heterocycles. The van der Waals surface area contributed by atoms with Crippen LogP contribution in [-0.4, -0.2) is 18.3 Å². The van der Waals surface area contributed by atoms with Gasteiger partial charge in [0.2, 0.25) is 0 Å². The third-order valence-electron chi connectivity index (χ3n) is 2.81. The molecule has 0 bridgehead atoms. The predicted molar refractivity (Wildman–Crippen MR) is 73.5 cm³/mol. The Balaban J connectivity index is 3.34. The second-order valence-corrected chi connectivity index (χ2v) is 4.63. The summed E-state index contributed by atoms with van der Waals surface area (Å²) in [5, 5.41) is 9.91. The maximum atomic E-state index is 9.91. The molecule has 1 unspecified atom stereocenters. The number of aliphatic hydroxyl groups is 1. The summed E-state index contributed by atoms with van der Waals surface area (Å²) < 4.78 is 11.3. The van der Waals surface area contributed by atoms with E-state index in [0.29, 0.717) is 19.1 Å². The van der Waals surface area contributed by atoms with Crippen molar-refractivity contribution in [3.63, 3.8) is 0 Å². The molecule has 3 heteroatoms. The van der Waals surface area contributed by atoms with E-state index >= 15 is 0 Å². The third kappa shape index (κ3) is 3.39. The van der Waals surface area contributed by atoms with Gasteiger partial charge in [0, 0.05) is 0 Å². The SMILES string of the molecule is CCOc1cc(C(C)C)cc(OCC)c1C(C)O. The normalized spacial score (nSPS) is 12.6. The van der Waals surface area contributed by atoms with Crippen LogP contribution in [0.4, 0.5) is 0 Å². The average molecular weight is 252 g/mol. The van der Waals surface area contributed by atoms with Crippen LogP contribution in [0.25, 0.3) is 0 Å². The van der Waals surface area contributed by atoms with Crippen molar-refractivity contribution in [2.45, 2.75) is 46.6 Å². The van der Waals surface area contributed by atoms with Crippen molar-refractivity contribution in [2.75, 3.05) is 13.2 Å². The highest BCUT2D eigenvalue weighted by molar-refractivity contribution is 5.50. The molecule has 0 amide bonds. The molecule has 1 rings (SSSR count). The lowest BCUT2D eigenvalue weighted by Gasteiger charge is -2.20. The van der Waals surface area contributed by atoms with Crippen LogP contribution in [-0.2, 0) is 0 Å². The first-order chi connectivity index (χ1) is 8.51. The summed E-state index contributed by atoms with van der Waals surface area (Å²) in [5.74, 6) is 1.84. The molecule has 1 N–H and O–H groups in total. The van der Waals surface area contributed by atoms with Gasteiger partial charge >= 0.3 is 0 Å². The Hall–Kier alpha value is -1.22. The van der Waals surface area contributed by atoms with Gasteiger partial charge in [-0.15, -0.1) is 0 Å². The summed E-state index contributed by atoms with van der Waals surface area (Å²) >= 11 is 0. The van der Waals surface area contributed by atoms with Crippen molar-refractivity contribution in [1.82, 2.24) is 0 Å². The number of rotatable bonds is 6. The van der Waals surface area contributed by atoms with Gasteiger partial charge in [-0.3, -0.25) is 0 Å². The molecular weight excluding hydrogens is 228 g/mol. The van der Waals surface area contributed by atoms with E-state index in [4.69, 9.17) is 9.47 Å². The van der Waals surface area contributed by atoms with Gasteiger partial charge in [-0.25, -0.2) is 0 Å². The molecule has 1 atom stereocenters. The predicted octanol–water partition coefficient (Wildman–Crippen LogP) is 3.66. The zero-order valence-electron chi connectivity index (χ0n) is 12.0. The molecule has 0 aliphatic rings. The Labute approximate surface area is 110 Å². The maximum absolute atomic E-state index is 9.91. The van der Waals surface area contributed by atoms with Crippen LogP contribution in [0.15, 0.2) is 12.1 Å². The van der Waals surface area contributed by atoms with Gasteiger partial charge in [-0.05, 0) is 44.4 Å². The van der Waals surface area contributed by atoms with Crippen LogP contribution in [0.3, 0.4) is 0 Å². The highest BCUT2D eigenvalue weighted by Gasteiger charge is 2.18. The largest absolute Gasteiger partial charge is 0.493 e. The van der Waals surface area contributed by atoms with Crippen LogP contribution >= 0.6 is 0 Å². The number of aliphatic hydroxyl groups excluding tert-OH is 1. The quantitative estimate of drug-likeness (QED) is 0.839. The summed E-state index contributed by atoms with van der Waals surface area (Å²) in [6, 6.07) is 4.00. The molecule has 0 heterocycles. The molecular formula is C15H24O3. The molecule has 0 aliphatic heterocycles. The first-order valence-electron chi connectivity index (χ1n) is 6.62. The number of benzene rings is 1. The standard InChI is InChI=1S/C15H24O3/c1-6-17-13-8-12(10(3)4)9-14(18-7-2)15(13)11(5)16/h8-11,16H,6-7H2,1-5H3. The third-order valence-corrected chi connectivity index (χ3v) is 2.81. The number of hydrogen-bond donors (Lipinski definition) is 1. The van der Waals surface area contributed by atoms with Crippen LogP contribution in [0, 0.1) is 0 Å². The molecule has 3 nitrogen and oxygen atoms in total. The van der Waals surface area contributed by atoms with E-state index in [-0.39, 0.29) is 0 Å². The highest BCUT2D eigenvalue weighted by Crippen LogP contribution is 2.37. The van der Waals surface area contributed by atoms with Crippen LogP contribution < -0.4 is 9.47 Å². The minimum atomic E-state index is -0.602. The fourth-order valence-corrected chi connectivity index (χ4v) is 1.92. The second-order valence-electron chi connectivity index (χ2n) is 4.63. The van der Waals surface area contributed by atoms with Gasteiger partial charge in [-0.2, -0.15) is 0 Å². The van der Waals surface area contributed by atoms with Gasteiger partial charge in [-0.1, -0.05) is 13.8 Å². The fraction of sp³-hybridized carbons (Fsp3) is 0.600. The Kier molecular flexibility index (Phi) is 5.48. The van der Waals surface area contributed by atoms with E-state index in [1.807, 2.05) is 26.0 Å². The van der Waals surface area contributed by atoms with Crippen molar-refractivity contribution in [3.8, 4) is 11.5 Å². The van der Waals surface area contributed by atoms with Crippen LogP contribution in [0.1, 0.15) is 57.8 Å². The molecule has 1 aromatic carbocycles. The summed E-state index contributed by atoms with van der Waals surface area (Å²) in [7, 11) is 0. The van der Waals surface area contributed by atoms with Crippen molar-refractivity contribution in [2.24, 2.45) is 0 Å². The minimum absolute atomic E-state index is 0.395. The molecule has 0 saturated carbocycles. The molecule has 1 aromatic rings. The fourth-order valence-electron chi connectivity index (χ4n) is 1.92. The Morgan fingerprint density at radius 1 is 1.00 bits per heavy atom. The summed E-state index contributed by atoms with van der Waals surface area (Å²) in [4.78, 5) is 0. The molecule has 0 aromatic heterocycles. The zero-order valence-corrected chi connectivity index (χ0v) is 12.0. The lowest BCUT2D eigenvalue weighted by molar-refractivity contribution is 0.184. The van der Waals surface area contributed by atoms with Gasteiger partial charge < -0.3 is 14.6 Å². The molecule has 0 fully saturated rings. The first-order valence-corrected chi connectivity index (χ1v) is 6.62. The summed E-state index contributed by atoms with van der Waals surface area (Å²) in [6.45, 7) is 11.0. The monoisotopic (exact) mass is 252 g/mol. The molecule has 0 aliphatic carbocycles. The number of hydrogen-bond acceptors (Lipinski definition) is 3. The maximum Gasteiger partial charge on any atom is 0.129 e. The topological polar surface area (TPSA) is 38.7 Å². The van der Waals surface area contributed by atoms with Gasteiger partial charge in [0.15, 0.2) is 0 Å². The lowest BCUT2D eigenvalue weighted by atomic mass is 9.98. The lowest BCUT2D eigenvalue weighted by Crippen LogP contribution is -2.06. The molecule has 0 spiro atoms.